The highest BCUT2D eigenvalue weighted by molar-refractivity contribution is 7.19. The number of hydrogen-bond acceptors (Lipinski definition) is 3. The smallest absolute Gasteiger partial charge is 0.124 e. The second-order valence-electron chi connectivity index (χ2n) is 4.14. The van der Waals surface area contributed by atoms with E-state index in [9.17, 15) is 0 Å². The average Bonchev–Trinajstić information content (AvgIpc) is 2.86. The number of allylic oxidation sites excluding steroid dienone is 5. The van der Waals surface area contributed by atoms with Crippen molar-refractivity contribution in [2.75, 3.05) is 7.11 Å². The van der Waals surface area contributed by atoms with E-state index in [1.165, 1.54) is 5.57 Å². The SMILES string of the molecule is C=C/C=C(\C(C)=C/C)c1nc2ccc(OC)cc2s1. The Hall–Kier alpha value is -1.87. The standard InChI is InChI=1S/C16H17NOS/c1-5-7-13(11(3)6-2)16-17-14-9-8-12(18-4)10-15(14)19-16/h5-10H,1H2,2-4H3/b11-6-,13-7+. The molecule has 0 atom stereocenters. The molecular formula is C16H17NOS. The van der Waals surface area contributed by atoms with E-state index in [0.29, 0.717) is 0 Å². The summed E-state index contributed by atoms with van der Waals surface area (Å²) >= 11 is 1.67. The summed E-state index contributed by atoms with van der Waals surface area (Å²) < 4.78 is 6.38. The van der Waals surface area contributed by atoms with Crippen LogP contribution in [0.3, 0.4) is 0 Å². The van der Waals surface area contributed by atoms with Gasteiger partial charge in [-0.05, 0) is 37.6 Å². The summed E-state index contributed by atoms with van der Waals surface area (Å²) in [6, 6.07) is 5.95. The number of ether oxygens (including phenoxy) is 1. The van der Waals surface area contributed by atoms with Gasteiger partial charge in [-0.25, -0.2) is 4.98 Å². The molecule has 2 aromatic rings. The van der Waals surface area contributed by atoms with E-state index < -0.39 is 0 Å². The average molecular weight is 271 g/mol. The zero-order chi connectivity index (χ0) is 13.8. The van der Waals surface area contributed by atoms with E-state index in [1.54, 1.807) is 24.5 Å². The number of benzene rings is 1. The van der Waals surface area contributed by atoms with Crippen molar-refractivity contribution >= 4 is 27.1 Å². The van der Waals surface area contributed by atoms with Crippen molar-refractivity contribution in [1.82, 2.24) is 4.98 Å². The first-order chi connectivity index (χ1) is 9.19. The van der Waals surface area contributed by atoms with Crippen LogP contribution in [0.25, 0.3) is 15.8 Å². The van der Waals surface area contributed by atoms with Gasteiger partial charge < -0.3 is 4.74 Å². The quantitative estimate of drug-likeness (QED) is 0.742. The van der Waals surface area contributed by atoms with E-state index in [2.05, 4.69) is 24.6 Å². The van der Waals surface area contributed by atoms with Crippen LogP contribution in [-0.4, -0.2) is 12.1 Å². The lowest BCUT2D eigenvalue weighted by Gasteiger charge is -2.02. The molecule has 0 N–H and O–H groups in total. The maximum atomic E-state index is 5.24. The van der Waals surface area contributed by atoms with E-state index in [-0.39, 0.29) is 0 Å². The van der Waals surface area contributed by atoms with Gasteiger partial charge in [-0.2, -0.15) is 0 Å². The van der Waals surface area contributed by atoms with Crippen LogP contribution in [0.2, 0.25) is 0 Å². The van der Waals surface area contributed by atoms with Crippen LogP contribution < -0.4 is 4.74 Å². The molecule has 0 aliphatic rings. The minimum atomic E-state index is 0.861. The van der Waals surface area contributed by atoms with Crippen LogP contribution in [0.5, 0.6) is 5.75 Å². The molecule has 2 nitrogen and oxygen atoms in total. The van der Waals surface area contributed by atoms with Crippen molar-refractivity contribution in [3.05, 3.63) is 53.6 Å². The molecule has 0 aliphatic heterocycles. The maximum Gasteiger partial charge on any atom is 0.124 e. The topological polar surface area (TPSA) is 22.1 Å². The van der Waals surface area contributed by atoms with Crippen molar-refractivity contribution in [3.8, 4) is 5.75 Å². The molecule has 0 spiro atoms. The fourth-order valence-electron chi connectivity index (χ4n) is 1.79. The molecule has 3 heteroatoms. The summed E-state index contributed by atoms with van der Waals surface area (Å²) in [5.74, 6) is 0.861. The molecule has 0 unspecified atom stereocenters. The number of nitrogens with zero attached hydrogens (tertiary/aromatic N) is 1. The van der Waals surface area contributed by atoms with Gasteiger partial charge in [0.05, 0.1) is 17.3 Å². The Morgan fingerprint density at radius 3 is 2.84 bits per heavy atom. The second-order valence-corrected chi connectivity index (χ2v) is 5.17. The lowest BCUT2D eigenvalue weighted by molar-refractivity contribution is 0.415. The Bertz CT molecular complexity index is 664. The Morgan fingerprint density at radius 1 is 1.42 bits per heavy atom. The van der Waals surface area contributed by atoms with Crippen LogP contribution >= 0.6 is 11.3 Å². The first kappa shape index (κ1) is 13.6. The molecule has 0 saturated heterocycles. The third kappa shape index (κ3) is 2.76. The molecule has 1 heterocycles. The van der Waals surface area contributed by atoms with Crippen LogP contribution in [-0.2, 0) is 0 Å². The van der Waals surface area contributed by atoms with Gasteiger partial charge in [0.1, 0.15) is 10.8 Å². The van der Waals surface area contributed by atoms with Crippen molar-refractivity contribution in [2.45, 2.75) is 13.8 Å². The summed E-state index contributed by atoms with van der Waals surface area (Å²) in [5.41, 5.74) is 3.32. The van der Waals surface area contributed by atoms with Gasteiger partial charge in [-0.3, -0.25) is 0 Å². The molecule has 19 heavy (non-hydrogen) atoms. The first-order valence-corrected chi connectivity index (χ1v) is 6.92. The molecule has 0 aliphatic carbocycles. The minimum absolute atomic E-state index is 0.861. The lowest BCUT2D eigenvalue weighted by atomic mass is 10.1. The Morgan fingerprint density at radius 2 is 2.21 bits per heavy atom. The van der Waals surface area contributed by atoms with Crippen molar-refractivity contribution < 1.29 is 4.74 Å². The van der Waals surface area contributed by atoms with E-state index in [0.717, 1.165) is 26.5 Å². The van der Waals surface area contributed by atoms with E-state index in [4.69, 9.17) is 4.74 Å². The van der Waals surface area contributed by atoms with Gasteiger partial charge in [0.25, 0.3) is 0 Å². The zero-order valence-corrected chi connectivity index (χ0v) is 12.3. The first-order valence-electron chi connectivity index (χ1n) is 6.10. The van der Waals surface area contributed by atoms with Gasteiger partial charge >= 0.3 is 0 Å². The van der Waals surface area contributed by atoms with Crippen LogP contribution in [0.1, 0.15) is 18.9 Å². The predicted molar refractivity (Wildman–Crippen MR) is 83.8 cm³/mol. The van der Waals surface area contributed by atoms with E-state index in [1.807, 2.05) is 31.2 Å². The van der Waals surface area contributed by atoms with Gasteiger partial charge in [0.15, 0.2) is 0 Å². The number of methoxy groups -OCH3 is 1. The molecule has 1 aromatic heterocycles. The van der Waals surface area contributed by atoms with Crippen LogP contribution in [0, 0.1) is 0 Å². The highest BCUT2D eigenvalue weighted by Crippen LogP contribution is 2.32. The molecule has 2 rings (SSSR count). The molecule has 0 amide bonds. The van der Waals surface area contributed by atoms with Gasteiger partial charge in [0, 0.05) is 5.57 Å². The fraction of sp³-hybridized carbons (Fsp3) is 0.188. The third-order valence-electron chi connectivity index (χ3n) is 2.97. The lowest BCUT2D eigenvalue weighted by Crippen LogP contribution is -1.84. The summed E-state index contributed by atoms with van der Waals surface area (Å²) in [5, 5.41) is 1.01. The largest absolute Gasteiger partial charge is 0.497 e. The Kier molecular flexibility index (Phi) is 4.17. The Labute approximate surface area is 117 Å². The number of fused-ring (bicyclic) bond motifs is 1. The van der Waals surface area contributed by atoms with Crippen LogP contribution in [0.4, 0.5) is 0 Å². The number of thiazole rings is 1. The molecule has 1 aromatic carbocycles. The second kappa shape index (κ2) is 5.85. The molecule has 98 valence electrons. The third-order valence-corrected chi connectivity index (χ3v) is 4.02. The molecule has 0 radical (unpaired) electrons. The minimum Gasteiger partial charge on any atom is -0.497 e. The number of rotatable bonds is 4. The number of hydrogen-bond donors (Lipinski definition) is 0. The summed E-state index contributed by atoms with van der Waals surface area (Å²) in [6.45, 7) is 7.89. The highest BCUT2D eigenvalue weighted by atomic mass is 32.1. The Balaban J connectivity index is 2.55. The monoisotopic (exact) mass is 271 g/mol. The van der Waals surface area contributed by atoms with E-state index >= 15 is 0 Å². The van der Waals surface area contributed by atoms with Crippen molar-refractivity contribution in [3.63, 3.8) is 0 Å². The highest BCUT2D eigenvalue weighted by Gasteiger charge is 2.10. The molecule has 0 bridgehead atoms. The zero-order valence-electron chi connectivity index (χ0n) is 11.4. The molecule has 0 saturated carbocycles. The van der Waals surface area contributed by atoms with Crippen molar-refractivity contribution in [2.24, 2.45) is 0 Å². The fourth-order valence-corrected chi connectivity index (χ4v) is 2.88. The summed E-state index contributed by atoms with van der Waals surface area (Å²) in [6.07, 6.45) is 5.89. The van der Waals surface area contributed by atoms with Gasteiger partial charge in [-0.15, -0.1) is 11.3 Å². The molecular weight excluding hydrogens is 254 g/mol. The molecule has 0 fully saturated rings. The number of aromatic nitrogens is 1. The summed E-state index contributed by atoms with van der Waals surface area (Å²) in [4.78, 5) is 4.68. The van der Waals surface area contributed by atoms with Crippen LogP contribution in [0.15, 0.2) is 48.6 Å². The van der Waals surface area contributed by atoms with Gasteiger partial charge in [0.2, 0.25) is 0 Å². The maximum absolute atomic E-state index is 5.24. The van der Waals surface area contributed by atoms with Crippen molar-refractivity contribution in [1.29, 1.82) is 0 Å². The predicted octanol–water partition coefficient (Wildman–Crippen LogP) is 4.84. The van der Waals surface area contributed by atoms with Gasteiger partial charge in [-0.1, -0.05) is 24.8 Å². The summed E-state index contributed by atoms with van der Waals surface area (Å²) in [7, 11) is 1.68. The normalized spacial score (nSPS) is 12.8.